The van der Waals surface area contributed by atoms with Gasteiger partial charge in [0.2, 0.25) is 0 Å². The molecule has 0 unspecified atom stereocenters. The van der Waals surface area contributed by atoms with Gasteiger partial charge in [-0.15, -0.1) is 0 Å². The summed E-state index contributed by atoms with van der Waals surface area (Å²) < 4.78 is 14.0. The summed E-state index contributed by atoms with van der Waals surface area (Å²) in [6.45, 7) is 12.2. The quantitative estimate of drug-likeness (QED) is 0.639. The summed E-state index contributed by atoms with van der Waals surface area (Å²) in [4.78, 5) is 0. The minimum Gasteiger partial charge on any atom is -0.398 e. The number of hydrogen-bond acceptors (Lipinski definition) is 3. The van der Waals surface area contributed by atoms with Crippen molar-refractivity contribution in [3.05, 3.63) is 42.6 Å². The number of fused-ring (bicyclic) bond motifs is 2. The van der Waals surface area contributed by atoms with Crippen LogP contribution in [0.5, 0.6) is 0 Å². The molecular weight excluding hydrogens is 299 g/mol. The Balaban J connectivity index is 0.000000815. The topological polar surface area (TPSA) is 35.8 Å². The van der Waals surface area contributed by atoms with E-state index in [1.165, 1.54) is 10.8 Å². The van der Waals surface area contributed by atoms with Gasteiger partial charge in [0.1, 0.15) is 0 Å². The molecule has 3 aromatic rings. The van der Waals surface area contributed by atoms with E-state index in [9.17, 15) is 0 Å². The molecule has 4 nitrogen and oxygen atoms in total. The van der Waals surface area contributed by atoms with Crippen LogP contribution in [-0.2, 0) is 9.31 Å². The molecule has 24 heavy (non-hydrogen) atoms. The Labute approximate surface area is 143 Å². The Morgan fingerprint density at radius 1 is 0.917 bits per heavy atom. The van der Waals surface area contributed by atoms with E-state index in [2.05, 4.69) is 51.0 Å². The van der Waals surface area contributed by atoms with Gasteiger partial charge in [0.05, 0.1) is 22.3 Å². The van der Waals surface area contributed by atoms with Gasteiger partial charge >= 0.3 is 7.12 Å². The van der Waals surface area contributed by atoms with Gasteiger partial charge in [-0.05, 0) is 45.2 Å². The average Bonchev–Trinajstić information content (AvgIpc) is 3.04. The van der Waals surface area contributed by atoms with Gasteiger partial charge in [0.15, 0.2) is 0 Å². The molecule has 0 spiro atoms. The van der Waals surface area contributed by atoms with Crippen molar-refractivity contribution in [1.29, 1.82) is 0 Å². The molecule has 1 aliphatic rings. The molecule has 0 bridgehead atoms. The van der Waals surface area contributed by atoms with Gasteiger partial charge in [0, 0.05) is 11.6 Å². The molecule has 5 heteroatoms. The van der Waals surface area contributed by atoms with Gasteiger partial charge in [-0.2, -0.15) is 5.10 Å². The zero-order valence-corrected chi connectivity index (χ0v) is 15.3. The second-order valence-corrected chi connectivity index (χ2v) is 6.93. The van der Waals surface area contributed by atoms with Gasteiger partial charge in [-0.3, -0.25) is 0 Å². The van der Waals surface area contributed by atoms with Crippen LogP contribution in [-0.4, -0.2) is 27.9 Å². The summed E-state index contributed by atoms with van der Waals surface area (Å²) in [5.41, 5.74) is 1.16. The molecule has 0 N–H and O–H groups in total. The van der Waals surface area contributed by atoms with E-state index in [1.54, 1.807) is 0 Å². The SMILES string of the molecule is CC.CC1(C)OB(c2cc3cc4ccccc4cn3n2)OC1(C)C. The zero-order valence-electron chi connectivity index (χ0n) is 15.3. The van der Waals surface area contributed by atoms with Crippen molar-refractivity contribution < 1.29 is 9.31 Å². The molecule has 126 valence electrons. The number of aromatic nitrogens is 2. The molecule has 0 radical (unpaired) electrons. The summed E-state index contributed by atoms with van der Waals surface area (Å²) in [7, 11) is -0.423. The maximum Gasteiger partial charge on any atom is 0.516 e. The van der Waals surface area contributed by atoms with Gasteiger partial charge in [-0.25, -0.2) is 4.52 Å². The first-order valence-corrected chi connectivity index (χ1v) is 8.59. The number of rotatable bonds is 1. The van der Waals surface area contributed by atoms with Crippen LogP contribution in [0.4, 0.5) is 0 Å². The van der Waals surface area contributed by atoms with E-state index in [-0.39, 0.29) is 11.2 Å². The molecule has 0 aliphatic carbocycles. The lowest BCUT2D eigenvalue weighted by atomic mass is 9.85. The number of hydrogen-bond donors (Lipinski definition) is 0. The fourth-order valence-electron chi connectivity index (χ4n) is 2.77. The molecule has 0 amide bonds. The van der Waals surface area contributed by atoms with Crippen molar-refractivity contribution in [3.8, 4) is 0 Å². The third-order valence-corrected chi connectivity index (χ3v) is 4.84. The highest BCUT2D eigenvalue weighted by Crippen LogP contribution is 2.36. The lowest BCUT2D eigenvalue weighted by Crippen LogP contribution is -2.41. The molecule has 1 aliphatic heterocycles. The largest absolute Gasteiger partial charge is 0.516 e. The summed E-state index contributed by atoms with van der Waals surface area (Å²) in [5, 5.41) is 7.01. The average molecular weight is 324 g/mol. The second-order valence-electron chi connectivity index (χ2n) is 6.93. The fraction of sp³-hybridized carbons (Fsp3) is 0.421. The predicted octanol–water partition coefficient (Wildman–Crippen LogP) is 3.81. The summed E-state index contributed by atoms with van der Waals surface area (Å²) in [5.74, 6) is 0. The predicted molar refractivity (Wildman–Crippen MR) is 99.8 cm³/mol. The zero-order chi connectivity index (χ0) is 17.5. The van der Waals surface area contributed by atoms with Crippen molar-refractivity contribution >= 4 is 29.0 Å². The van der Waals surface area contributed by atoms with Crippen LogP contribution in [0.25, 0.3) is 16.3 Å². The monoisotopic (exact) mass is 324 g/mol. The van der Waals surface area contributed by atoms with Crippen LogP contribution in [0, 0.1) is 0 Å². The van der Waals surface area contributed by atoms with E-state index >= 15 is 0 Å². The summed E-state index contributed by atoms with van der Waals surface area (Å²) in [6.07, 6.45) is 2.04. The van der Waals surface area contributed by atoms with Crippen molar-refractivity contribution in [2.75, 3.05) is 0 Å². The lowest BCUT2D eigenvalue weighted by molar-refractivity contribution is 0.00578. The van der Waals surface area contributed by atoms with Gasteiger partial charge in [-0.1, -0.05) is 38.1 Å². The Kier molecular flexibility index (Phi) is 4.18. The Morgan fingerprint density at radius 2 is 1.50 bits per heavy atom. The van der Waals surface area contributed by atoms with Crippen molar-refractivity contribution in [2.45, 2.75) is 52.7 Å². The number of pyridine rings is 1. The van der Waals surface area contributed by atoms with Crippen molar-refractivity contribution in [1.82, 2.24) is 9.61 Å². The summed E-state index contributed by atoms with van der Waals surface area (Å²) >= 11 is 0. The van der Waals surface area contributed by atoms with Crippen LogP contribution < -0.4 is 5.59 Å². The van der Waals surface area contributed by atoms with Crippen molar-refractivity contribution in [3.63, 3.8) is 0 Å². The number of nitrogens with zero attached hydrogens (tertiary/aromatic N) is 2. The number of benzene rings is 1. The second kappa shape index (κ2) is 5.90. The first kappa shape index (κ1) is 17.0. The highest BCUT2D eigenvalue weighted by Gasteiger charge is 2.52. The fourth-order valence-corrected chi connectivity index (χ4v) is 2.77. The molecule has 2 aromatic heterocycles. The molecule has 0 atom stereocenters. The van der Waals surface area contributed by atoms with Crippen LogP contribution >= 0.6 is 0 Å². The first-order chi connectivity index (χ1) is 11.4. The van der Waals surface area contributed by atoms with E-state index in [1.807, 2.05) is 42.8 Å². The van der Waals surface area contributed by atoms with E-state index in [0.29, 0.717) is 0 Å². The standard InChI is InChI=1S/C17H19BN2O2.C2H6/c1-16(2)17(3,4)22-18(21-16)15-10-14-9-12-7-5-6-8-13(12)11-20(14)19-15;1-2/h5-11H,1-4H3;1-2H3. The first-order valence-electron chi connectivity index (χ1n) is 8.59. The Bertz CT molecular complexity index is 802. The van der Waals surface area contributed by atoms with Crippen LogP contribution in [0.1, 0.15) is 41.5 Å². The van der Waals surface area contributed by atoms with Gasteiger partial charge < -0.3 is 9.31 Å². The minimum absolute atomic E-state index is 0.349. The third-order valence-electron chi connectivity index (χ3n) is 4.84. The molecule has 1 fully saturated rings. The molecule has 1 saturated heterocycles. The van der Waals surface area contributed by atoms with Crippen molar-refractivity contribution in [2.24, 2.45) is 0 Å². The molecule has 4 rings (SSSR count). The maximum absolute atomic E-state index is 6.08. The maximum atomic E-state index is 6.08. The lowest BCUT2D eigenvalue weighted by Gasteiger charge is -2.32. The highest BCUT2D eigenvalue weighted by atomic mass is 16.7. The van der Waals surface area contributed by atoms with Crippen LogP contribution in [0.15, 0.2) is 42.6 Å². The molecule has 1 aromatic carbocycles. The molecular formula is C19H25BN2O2. The normalized spacial score (nSPS) is 18.7. The highest BCUT2D eigenvalue weighted by molar-refractivity contribution is 6.61. The van der Waals surface area contributed by atoms with E-state index < -0.39 is 7.12 Å². The molecule has 3 heterocycles. The summed E-state index contributed by atoms with van der Waals surface area (Å²) in [6, 6.07) is 12.4. The van der Waals surface area contributed by atoms with Gasteiger partial charge in [0.25, 0.3) is 0 Å². The Morgan fingerprint density at radius 3 is 2.12 bits per heavy atom. The third kappa shape index (κ3) is 2.72. The smallest absolute Gasteiger partial charge is 0.398 e. The molecule has 0 saturated carbocycles. The van der Waals surface area contributed by atoms with E-state index in [4.69, 9.17) is 9.31 Å². The van der Waals surface area contributed by atoms with Crippen LogP contribution in [0.3, 0.4) is 0 Å². The minimum atomic E-state index is -0.423. The van der Waals surface area contributed by atoms with E-state index in [0.717, 1.165) is 11.1 Å². The Hall–Kier alpha value is -1.85. The van der Waals surface area contributed by atoms with Crippen LogP contribution in [0.2, 0.25) is 0 Å².